The second-order valence-corrected chi connectivity index (χ2v) is 81.9. The third-order valence-electron chi connectivity index (χ3n) is 7.18. The molecule has 0 aromatic carbocycles. The van der Waals surface area contributed by atoms with Crippen LogP contribution >= 0.6 is 6.57 Å². The normalized spacial score (nSPS) is 16.4. The molecule has 0 fully saturated rings. The van der Waals surface area contributed by atoms with Gasteiger partial charge in [0.1, 0.15) is 0 Å². The molecule has 0 atom stereocenters. The standard InChI is InChI=1S/C15H45PSi6/c1-17(2,3)20(10,11)16(21(12,13)18(4,5)6)22(14,15)19(7,8)9/h1-15H3. The molecule has 0 saturated carbocycles. The van der Waals surface area contributed by atoms with E-state index in [4.69, 9.17) is 0 Å². The van der Waals surface area contributed by atoms with Gasteiger partial charge in [0, 0.05) is 22.8 Å². The molecule has 0 N–H and O–H groups in total. The first-order valence-corrected chi connectivity index (χ1v) is 35.3. The molecule has 0 aromatic heterocycles. The molecule has 0 aliphatic rings. The molecule has 0 bridgehead atoms. The van der Waals surface area contributed by atoms with Gasteiger partial charge in [-0.15, -0.1) is 6.57 Å². The van der Waals surface area contributed by atoms with Crippen LogP contribution in [-0.4, -0.2) is 44.6 Å². The Balaban J connectivity index is 6.53. The van der Waals surface area contributed by atoms with E-state index < -0.39 is 44.6 Å². The first kappa shape index (κ1) is 23.7. The Bertz CT molecular complexity index is 334. The highest BCUT2D eigenvalue weighted by molar-refractivity contribution is 8.48. The predicted octanol–water partition coefficient (Wildman–Crippen LogP) is 7.33. The van der Waals surface area contributed by atoms with Crippen molar-refractivity contribution in [1.29, 1.82) is 0 Å². The zero-order valence-electron chi connectivity index (χ0n) is 18.4. The SMILES string of the molecule is C[Si](C)(C)[Si](C)(C)P([Si](C)(C)[Si](C)(C)C)[Si](C)(C)[Si](C)(C)C. The molecule has 0 aliphatic heterocycles. The molecule has 134 valence electrons. The molecule has 0 amide bonds. The van der Waals surface area contributed by atoms with Crippen molar-refractivity contribution in [3.05, 3.63) is 0 Å². The van der Waals surface area contributed by atoms with Crippen molar-refractivity contribution in [2.24, 2.45) is 0 Å². The number of hydrogen-bond acceptors (Lipinski definition) is 0. The molecule has 0 spiro atoms. The first-order chi connectivity index (χ1) is 9.12. The Kier molecular flexibility index (Phi) is 6.98. The molecular formula is C15H45PSi6. The smallest absolute Gasteiger partial charge is 0.0594 e. The summed E-state index contributed by atoms with van der Waals surface area (Å²) in [7, 11) is -6.51. The van der Waals surface area contributed by atoms with Crippen molar-refractivity contribution in [3.63, 3.8) is 0 Å². The summed E-state index contributed by atoms with van der Waals surface area (Å²) >= 11 is 0. The van der Waals surface area contributed by atoms with Crippen LogP contribution in [0.1, 0.15) is 0 Å². The van der Waals surface area contributed by atoms with E-state index in [0.29, 0.717) is 6.57 Å². The Morgan fingerprint density at radius 3 is 0.545 bits per heavy atom. The van der Waals surface area contributed by atoms with E-state index in [1.807, 2.05) is 0 Å². The largest absolute Gasteiger partial charge is 0.146 e. The summed E-state index contributed by atoms with van der Waals surface area (Å²) in [5, 5.41) is 0. The van der Waals surface area contributed by atoms with E-state index in [9.17, 15) is 0 Å². The van der Waals surface area contributed by atoms with E-state index in [0.717, 1.165) is 0 Å². The topological polar surface area (TPSA) is 0 Å². The quantitative estimate of drug-likeness (QED) is 0.309. The third-order valence-corrected chi connectivity index (χ3v) is 131. The minimum atomic E-state index is -1.13. The van der Waals surface area contributed by atoms with Crippen molar-refractivity contribution in [2.75, 3.05) is 0 Å². The summed E-state index contributed by atoms with van der Waals surface area (Å²) in [5.41, 5.74) is 0. The van der Waals surface area contributed by atoms with Gasteiger partial charge >= 0.3 is 0 Å². The lowest BCUT2D eigenvalue weighted by Crippen LogP contribution is -2.69. The summed E-state index contributed by atoms with van der Waals surface area (Å²) in [6, 6.07) is 0. The van der Waals surface area contributed by atoms with Crippen LogP contribution in [0.3, 0.4) is 0 Å². The summed E-state index contributed by atoms with van der Waals surface area (Å²) in [5.74, 6) is 0. The molecule has 0 saturated heterocycles. The highest BCUT2D eigenvalue weighted by Gasteiger charge is 2.61. The third kappa shape index (κ3) is 4.28. The van der Waals surface area contributed by atoms with Gasteiger partial charge in [0.15, 0.2) is 0 Å². The van der Waals surface area contributed by atoms with E-state index in [2.05, 4.69) is 98.2 Å². The Labute approximate surface area is 149 Å². The number of hydrogen-bond donors (Lipinski definition) is 0. The molecule has 0 radical (unpaired) electrons. The zero-order valence-corrected chi connectivity index (χ0v) is 25.3. The van der Waals surface area contributed by atoms with Gasteiger partial charge in [-0.2, -0.15) is 0 Å². The minimum Gasteiger partial charge on any atom is -0.146 e. The van der Waals surface area contributed by atoms with E-state index >= 15 is 0 Å². The van der Waals surface area contributed by atoms with Crippen LogP contribution in [-0.2, 0) is 0 Å². The van der Waals surface area contributed by atoms with Crippen LogP contribution in [0, 0.1) is 0 Å². The highest BCUT2D eigenvalue weighted by atomic mass is 31.9. The van der Waals surface area contributed by atoms with Crippen LogP contribution in [0.2, 0.25) is 98.2 Å². The Morgan fingerprint density at radius 1 is 0.318 bits per heavy atom. The fourth-order valence-corrected chi connectivity index (χ4v) is 192. The molecule has 0 unspecified atom stereocenters. The summed E-state index contributed by atoms with van der Waals surface area (Å²) in [6.45, 7) is 41.8. The maximum atomic E-state index is 2.84. The molecule has 0 aromatic rings. The van der Waals surface area contributed by atoms with Gasteiger partial charge in [0.05, 0.1) is 21.8 Å². The fourth-order valence-electron chi connectivity index (χ4n) is 3.10. The minimum absolute atomic E-state index is 0.347. The Morgan fingerprint density at radius 2 is 0.455 bits per heavy atom. The lowest BCUT2D eigenvalue weighted by atomic mass is 11.8. The van der Waals surface area contributed by atoms with Gasteiger partial charge in [0.2, 0.25) is 0 Å². The molecule has 0 rings (SSSR count). The van der Waals surface area contributed by atoms with Gasteiger partial charge in [-0.3, -0.25) is 0 Å². The maximum absolute atomic E-state index is 2.84. The van der Waals surface area contributed by atoms with Gasteiger partial charge in [-0.05, 0) is 0 Å². The van der Waals surface area contributed by atoms with Gasteiger partial charge in [-0.1, -0.05) is 98.2 Å². The second kappa shape index (κ2) is 6.47. The van der Waals surface area contributed by atoms with Crippen molar-refractivity contribution in [2.45, 2.75) is 98.2 Å². The van der Waals surface area contributed by atoms with Crippen LogP contribution in [0.25, 0.3) is 0 Å². The molecule has 0 aliphatic carbocycles. The van der Waals surface area contributed by atoms with Crippen molar-refractivity contribution < 1.29 is 0 Å². The maximum Gasteiger partial charge on any atom is 0.0594 e. The fraction of sp³-hybridized carbons (Fsp3) is 1.00. The van der Waals surface area contributed by atoms with E-state index in [1.165, 1.54) is 0 Å². The predicted molar refractivity (Wildman–Crippen MR) is 129 cm³/mol. The van der Waals surface area contributed by atoms with E-state index in [-0.39, 0.29) is 0 Å². The zero-order chi connectivity index (χ0) is 18.6. The van der Waals surface area contributed by atoms with Crippen molar-refractivity contribution in [3.8, 4) is 0 Å². The summed E-state index contributed by atoms with van der Waals surface area (Å²) in [6.07, 6.45) is 0. The van der Waals surface area contributed by atoms with Crippen LogP contribution in [0.5, 0.6) is 0 Å². The van der Waals surface area contributed by atoms with Gasteiger partial charge in [-0.25, -0.2) is 0 Å². The molecule has 22 heavy (non-hydrogen) atoms. The van der Waals surface area contributed by atoms with Crippen molar-refractivity contribution >= 4 is 51.1 Å². The lowest BCUT2D eigenvalue weighted by molar-refractivity contribution is 1.76. The molecule has 0 nitrogen and oxygen atoms in total. The van der Waals surface area contributed by atoms with Gasteiger partial charge < -0.3 is 0 Å². The van der Waals surface area contributed by atoms with Crippen LogP contribution < -0.4 is 0 Å². The summed E-state index contributed by atoms with van der Waals surface area (Å²) in [4.78, 5) is 0. The highest BCUT2D eigenvalue weighted by Crippen LogP contribution is 2.67. The first-order valence-electron chi connectivity index (χ1n) is 8.92. The van der Waals surface area contributed by atoms with E-state index in [1.54, 1.807) is 0 Å². The monoisotopic (exact) mass is 424 g/mol. The van der Waals surface area contributed by atoms with Crippen LogP contribution in [0.4, 0.5) is 0 Å². The molecule has 0 heterocycles. The second-order valence-electron chi connectivity index (χ2n) is 11.8. The van der Waals surface area contributed by atoms with Gasteiger partial charge in [0.25, 0.3) is 0 Å². The molecular weight excluding hydrogens is 380 g/mol. The Hall–Kier alpha value is 1.73. The number of rotatable bonds is 6. The average Bonchev–Trinajstić information content (AvgIpc) is 2.09. The molecule has 7 heteroatoms. The average molecular weight is 425 g/mol. The van der Waals surface area contributed by atoms with Crippen molar-refractivity contribution in [1.82, 2.24) is 0 Å². The lowest BCUT2D eigenvalue weighted by Gasteiger charge is -2.61. The summed E-state index contributed by atoms with van der Waals surface area (Å²) < 4.78 is 0. The van der Waals surface area contributed by atoms with Crippen LogP contribution in [0.15, 0.2) is 0 Å².